The van der Waals surface area contributed by atoms with Crippen molar-refractivity contribution in [2.45, 2.75) is 63.9 Å². The molecular weight excluding hydrogens is 272 g/mol. The van der Waals surface area contributed by atoms with Gasteiger partial charge in [-0.25, -0.2) is 0 Å². The van der Waals surface area contributed by atoms with Gasteiger partial charge in [0.05, 0.1) is 0 Å². The number of fused-ring (bicyclic) bond motifs is 4. The van der Waals surface area contributed by atoms with Crippen molar-refractivity contribution in [3.63, 3.8) is 0 Å². The van der Waals surface area contributed by atoms with E-state index >= 15 is 0 Å². The van der Waals surface area contributed by atoms with E-state index in [1.807, 2.05) is 6.08 Å². The van der Waals surface area contributed by atoms with E-state index in [2.05, 4.69) is 12.8 Å². The molecule has 0 aliphatic heterocycles. The smallest absolute Gasteiger partial charge is 0.156 e. The van der Waals surface area contributed by atoms with Gasteiger partial charge in [-0.05, 0) is 74.0 Å². The minimum atomic E-state index is -0.924. The molecule has 0 saturated heterocycles. The fourth-order valence-corrected chi connectivity index (χ4v) is 5.79. The third-order valence-corrected chi connectivity index (χ3v) is 7.12. The van der Waals surface area contributed by atoms with Gasteiger partial charge >= 0.3 is 0 Å². The van der Waals surface area contributed by atoms with Crippen LogP contribution in [0.1, 0.15) is 58.3 Å². The van der Waals surface area contributed by atoms with Gasteiger partial charge in [0.1, 0.15) is 5.60 Å². The van der Waals surface area contributed by atoms with Crippen LogP contribution in [-0.2, 0) is 4.79 Å². The number of carbonyl (C=O) groups is 1. The summed E-state index contributed by atoms with van der Waals surface area (Å²) in [7, 11) is 0. The van der Waals surface area contributed by atoms with E-state index in [1.165, 1.54) is 11.1 Å². The number of ketones is 1. The highest BCUT2D eigenvalue weighted by Crippen LogP contribution is 2.63. The first kappa shape index (κ1) is 14.3. The molecule has 0 unspecified atom stereocenters. The van der Waals surface area contributed by atoms with Crippen molar-refractivity contribution >= 4 is 5.78 Å². The number of allylic oxidation sites excluding steroid dienone is 4. The van der Waals surface area contributed by atoms with Crippen molar-refractivity contribution < 1.29 is 9.90 Å². The second-order valence-corrected chi connectivity index (χ2v) is 7.85. The van der Waals surface area contributed by atoms with Gasteiger partial charge in [-0.15, -0.1) is 6.42 Å². The zero-order valence-electron chi connectivity index (χ0n) is 13.3. The number of carbonyl (C=O) groups excluding carboxylic acids is 1. The lowest BCUT2D eigenvalue weighted by Crippen LogP contribution is -2.48. The van der Waals surface area contributed by atoms with E-state index in [-0.39, 0.29) is 5.41 Å². The Balaban J connectivity index is 1.75. The summed E-state index contributed by atoms with van der Waals surface area (Å²) < 4.78 is 0. The molecule has 4 aliphatic carbocycles. The highest BCUT2D eigenvalue weighted by molar-refractivity contribution is 5.93. The van der Waals surface area contributed by atoms with Crippen molar-refractivity contribution in [3.8, 4) is 12.3 Å². The van der Waals surface area contributed by atoms with E-state index < -0.39 is 5.60 Å². The second-order valence-electron chi connectivity index (χ2n) is 7.85. The van der Waals surface area contributed by atoms with Crippen LogP contribution >= 0.6 is 0 Å². The van der Waals surface area contributed by atoms with Crippen LogP contribution in [0, 0.1) is 29.6 Å². The first-order valence-corrected chi connectivity index (χ1v) is 8.64. The van der Waals surface area contributed by atoms with Crippen LogP contribution in [0.4, 0.5) is 0 Å². The molecule has 0 spiro atoms. The van der Waals surface area contributed by atoms with E-state index in [0.29, 0.717) is 24.0 Å². The minimum absolute atomic E-state index is 0.137. The van der Waals surface area contributed by atoms with Gasteiger partial charge < -0.3 is 5.11 Å². The van der Waals surface area contributed by atoms with Crippen molar-refractivity contribution in [2.75, 3.05) is 0 Å². The Labute approximate surface area is 132 Å². The Kier molecular flexibility index (Phi) is 2.97. The maximum absolute atomic E-state index is 11.7. The van der Waals surface area contributed by atoms with Crippen molar-refractivity contribution in [2.24, 2.45) is 17.3 Å². The molecule has 0 aromatic carbocycles. The first-order chi connectivity index (χ1) is 10.5. The number of terminal acetylenes is 1. The van der Waals surface area contributed by atoms with Gasteiger partial charge in [0.25, 0.3) is 0 Å². The molecule has 0 bridgehead atoms. The molecule has 0 amide bonds. The molecule has 2 saturated carbocycles. The molecule has 116 valence electrons. The summed E-state index contributed by atoms with van der Waals surface area (Å²) in [6.45, 7) is 2.21. The molecule has 2 nitrogen and oxygen atoms in total. The summed E-state index contributed by atoms with van der Waals surface area (Å²) in [5, 5.41) is 10.9. The van der Waals surface area contributed by atoms with Crippen molar-refractivity contribution in [1.29, 1.82) is 0 Å². The minimum Gasteiger partial charge on any atom is -0.377 e. The SMILES string of the molecule is C#C[C@]1(O)CC[C@@H]2[C@H]3CCC4=CC(=O)CCC4=C3CC[C@]21C. The van der Waals surface area contributed by atoms with E-state index in [4.69, 9.17) is 6.42 Å². The molecule has 0 radical (unpaired) electrons. The zero-order chi connectivity index (χ0) is 15.5. The molecule has 4 aliphatic rings. The van der Waals surface area contributed by atoms with Crippen LogP contribution in [0.15, 0.2) is 22.8 Å². The fraction of sp³-hybridized carbons (Fsp3) is 0.650. The predicted molar refractivity (Wildman–Crippen MR) is 85.9 cm³/mol. The number of rotatable bonds is 0. The molecular formula is C20H24O2. The van der Waals surface area contributed by atoms with Gasteiger partial charge in [0.2, 0.25) is 0 Å². The Morgan fingerprint density at radius 1 is 1.23 bits per heavy atom. The molecule has 2 heteroatoms. The summed E-state index contributed by atoms with van der Waals surface area (Å²) in [6, 6.07) is 0. The number of aliphatic hydroxyl groups is 1. The quantitative estimate of drug-likeness (QED) is 0.694. The van der Waals surface area contributed by atoms with Gasteiger partial charge in [-0.1, -0.05) is 18.4 Å². The average molecular weight is 296 g/mol. The summed E-state index contributed by atoms with van der Waals surface area (Å²) >= 11 is 0. The van der Waals surface area contributed by atoms with Crippen LogP contribution < -0.4 is 0 Å². The van der Waals surface area contributed by atoms with Crippen LogP contribution in [0.5, 0.6) is 0 Å². The Bertz CT molecular complexity index is 647. The summed E-state index contributed by atoms with van der Waals surface area (Å²) in [5.74, 6) is 4.09. The molecule has 0 aromatic rings. The molecule has 1 N–H and O–H groups in total. The van der Waals surface area contributed by atoms with Crippen molar-refractivity contribution in [3.05, 3.63) is 22.8 Å². The summed E-state index contributed by atoms with van der Waals surface area (Å²) in [6.07, 6.45) is 15.1. The molecule has 22 heavy (non-hydrogen) atoms. The standard InChI is InChI=1S/C20H24O2/c1-3-20(22)11-9-18-17-6-4-13-12-14(21)5-7-15(13)16(17)8-10-19(18,20)2/h1,12,17-18,22H,4-11H2,2H3/t17-,18+,19+,20-/m0/s1. The molecule has 4 rings (SSSR count). The monoisotopic (exact) mass is 296 g/mol. The third-order valence-electron chi connectivity index (χ3n) is 7.12. The van der Waals surface area contributed by atoms with Crippen LogP contribution in [-0.4, -0.2) is 16.5 Å². The van der Waals surface area contributed by atoms with Gasteiger partial charge in [0.15, 0.2) is 5.78 Å². The highest BCUT2D eigenvalue weighted by Gasteiger charge is 2.60. The number of hydrogen-bond donors (Lipinski definition) is 1. The summed E-state index contributed by atoms with van der Waals surface area (Å²) in [5.41, 5.74) is 3.31. The lowest BCUT2D eigenvalue weighted by Gasteiger charge is -2.50. The largest absolute Gasteiger partial charge is 0.377 e. The maximum Gasteiger partial charge on any atom is 0.156 e. The van der Waals surface area contributed by atoms with E-state index in [0.717, 1.165) is 44.9 Å². The third kappa shape index (κ3) is 1.69. The van der Waals surface area contributed by atoms with Gasteiger partial charge in [0, 0.05) is 11.8 Å². The Morgan fingerprint density at radius 2 is 2.05 bits per heavy atom. The lowest BCUT2D eigenvalue weighted by molar-refractivity contribution is -0.114. The first-order valence-electron chi connectivity index (χ1n) is 8.64. The molecule has 0 aromatic heterocycles. The predicted octanol–water partition coefficient (Wildman–Crippen LogP) is 3.56. The summed E-state index contributed by atoms with van der Waals surface area (Å²) in [4.78, 5) is 11.7. The molecule has 4 atom stereocenters. The number of hydrogen-bond acceptors (Lipinski definition) is 2. The fourth-order valence-electron chi connectivity index (χ4n) is 5.79. The maximum atomic E-state index is 11.7. The van der Waals surface area contributed by atoms with Crippen LogP contribution in [0.2, 0.25) is 0 Å². The highest BCUT2D eigenvalue weighted by atomic mass is 16.3. The van der Waals surface area contributed by atoms with E-state index in [9.17, 15) is 9.90 Å². The molecule has 2 fully saturated rings. The topological polar surface area (TPSA) is 37.3 Å². The van der Waals surface area contributed by atoms with Crippen LogP contribution in [0.25, 0.3) is 0 Å². The van der Waals surface area contributed by atoms with Crippen molar-refractivity contribution in [1.82, 2.24) is 0 Å². The second kappa shape index (κ2) is 4.59. The van der Waals surface area contributed by atoms with Gasteiger partial charge in [-0.3, -0.25) is 4.79 Å². The van der Waals surface area contributed by atoms with Crippen LogP contribution in [0.3, 0.4) is 0 Å². The van der Waals surface area contributed by atoms with Gasteiger partial charge in [-0.2, -0.15) is 0 Å². The Hall–Kier alpha value is -1.33. The average Bonchev–Trinajstić information content (AvgIpc) is 2.79. The Morgan fingerprint density at radius 3 is 2.82 bits per heavy atom. The van der Waals surface area contributed by atoms with E-state index in [1.54, 1.807) is 5.57 Å². The normalized spacial score (nSPS) is 43.9. The zero-order valence-corrected chi connectivity index (χ0v) is 13.3. The lowest BCUT2D eigenvalue weighted by atomic mass is 9.55. The molecule has 0 heterocycles.